The van der Waals surface area contributed by atoms with Crippen molar-refractivity contribution in [3.05, 3.63) is 65.2 Å². The number of para-hydroxylation sites is 1. The second-order valence-corrected chi connectivity index (χ2v) is 4.01. The number of alkyl halides is 1. The first-order valence-electron chi connectivity index (χ1n) is 5.42. The first-order chi connectivity index (χ1) is 8.72. The smallest absolute Gasteiger partial charge is 0.165 e. The van der Waals surface area contributed by atoms with E-state index >= 15 is 0 Å². The molecular formula is C14H11ClF2O. The average molecular weight is 269 g/mol. The van der Waals surface area contributed by atoms with Gasteiger partial charge in [0.1, 0.15) is 12.4 Å². The minimum atomic E-state index is -0.874. The van der Waals surface area contributed by atoms with Gasteiger partial charge < -0.3 is 4.74 Å². The van der Waals surface area contributed by atoms with E-state index < -0.39 is 11.6 Å². The van der Waals surface area contributed by atoms with Crippen LogP contribution in [0.4, 0.5) is 8.78 Å². The van der Waals surface area contributed by atoms with Gasteiger partial charge in [-0.15, -0.1) is 11.6 Å². The summed E-state index contributed by atoms with van der Waals surface area (Å²) < 4.78 is 31.9. The molecule has 0 N–H and O–H groups in total. The molecule has 0 saturated heterocycles. The van der Waals surface area contributed by atoms with Crippen LogP contribution in [0.1, 0.15) is 11.1 Å². The Morgan fingerprint density at radius 2 is 1.67 bits per heavy atom. The van der Waals surface area contributed by atoms with E-state index in [0.717, 1.165) is 11.6 Å². The Labute approximate surface area is 109 Å². The second kappa shape index (κ2) is 5.83. The molecule has 0 bridgehead atoms. The second-order valence-electron chi connectivity index (χ2n) is 3.74. The molecule has 94 valence electrons. The fourth-order valence-corrected chi connectivity index (χ4v) is 1.79. The molecule has 0 fully saturated rings. The van der Waals surface area contributed by atoms with Gasteiger partial charge in [0.2, 0.25) is 0 Å². The fourth-order valence-electron chi connectivity index (χ4n) is 1.57. The maximum absolute atomic E-state index is 13.4. The van der Waals surface area contributed by atoms with E-state index in [-0.39, 0.29) is 12.2 Å². The third kappa shape index (κ3) is 2.79. The highest BCUT2D eigenvalue weighted by Gasteiger charge is 2.09. The zero-order chi connectivity index (χ0) is 13.0. The fraction of sp³-hybridized carbons (Fsp3) is 0.143. The molecule has 2 aromatic rings. The lowest BCUT2D eigenvalue weighted by molar-refractivity contribution is 0.295. The van der Waals surface area contributed by atoms with E-state index in [2.05, 4.69) is 0 Å². The van der Waals surface area contributed by atoms with Crippen molar-refractivity contribution in [2.24, 2.45) is 0 Å². The highest BCUT2D eigenvalue weighted by molar-refractivity contribution is 6.17. The van der Waals surface area contributed by atoms with Crippen molar-refractivity contribution in [1.82, 2.24) is 0 Å². The van der Waals surface area contributed by atoms with E-state index in [0.29, 0.717) is 11.6 Å². The topological polar surface area (TPSA) is 9.23 Å². The van der Waals surface area contributed by atoms with Crippen molar-refractivity contribution in [1.29, 1.82) is 0 Å². The largest absolute Gasteiger partial charge is 0.488 e. The molecule has 0 unspecified atom stereocenters. The molecule has 0 radical (unpaired) electrons. The van der Waals surface area contributed by atoms with E-state index in [1.807, 2.05) is 12.1 Å². The molecule has 1 nitrogen and oxygen atoms in total. The number of rotatable bonds is 4. The molecule has 4 heteroatoms. The monoisotopic (exact) mass is 268 g/mol. The summed E-state index contributed by atoms with van der Waals surface area (Å²) in [7, 11) is 0. The van der Waals surface area contributed by atoms with E-state index in [1.165, 1.54) is 12.1 Å². The highest BCUT2D eigenvalue weighted by atomic mass is 35.5. The third-order valence-corrected chi connectivity index (χ3v) is 2.82. The van der Waals surface area contributed by atoms with Crippen LogP contribution in [0.5, 0.6) is 5.75 Å². The van der Waals surface area contributed by atoms with Crippen LogP contribution >= 0.6 is 11.6 Å². The van der Waals surface area contributed by atoms with Crippen LogP contribution in [0.2, 0.25) is 0 Å². The van der Waals surface area contributed by atoms with Crippen LogP contribution in [-0.2, 0) is 12.5 Å². The number of ether oxygens (including phenoxy) is 1. The van der Waals surface area contributed by atoms with Gasteiger partial charge in [-0.3, -0.25) is 0 Å². The standard InChI is InChI=1S/C14H11ClF2O/c15-8-10-4-1-2-7-13(10)18-9-11-5-3-6-12(16)14(11)17/h1-7H,8-9H2. The Kier molecular flexibility index (Phi) is 4.15. The molecule has 0 spiro atoms. The van der Waals surface area contributed by atoms with Crippen molar-refractivity contribution in [2.45, 2.75) is 12.5 Å². The van der Waals surface area contributed by atoms with Gasteiger partial charge in [-0.2, -0.15) is 0 Å². The predicted molar refractivity (Wildman–Crippen MR) is 66.7 cm³/mol. The van der Waals surface area contributed by atoms with Gasteiger partial charge in [-0.25, -0.2) is 8.78 Å². The Morgan fingerprint density at radius 1 is 0.944 bits per heavy atom. The van der Waals surface area contributed by atoms with Gasteiger partial charge >= 0.3 is 0 Å². The normalized spacial score (nSPS) is 10.4. The average Bonchev–Trinajstić information content (AvgIpc) is 2.41. The van der Waals surface area contributed by atoms with Crippen LogP contribution in [0, 0.1) is 11.6 Å². The number of hydrogen-bond donors (Lipinski definition) is 0. The summed E-state index contributed by atoms with van der Waals surface area (Å²) in [6.45, 7) is -0.0303. The molecule has 0 aromatic heterocycles. The third-order valence-electron chi connectivity index (χ3n) is 2.53. The first kappa shape index (κ1) is 12.8. The predicted octanol–water partition coefficient (Wildman–Crippen LogP) is 4.28. The minimum Gasteiger partial charge on any atom is -0.488 e. The summed E-state index contributed by atoms with van der Waals surface area (Å²) in [5.74, 6) is -0.860. The van der Waals surface area contributed by atoms with Gasteiger partial charge in [0, 0.05) is 11.1 Å². The molecule has 0 saturated carbocycles. The van der Waals surface area contributed by atoms with Crippen LogP contribution in [0.3, 0.4) is 0 Å². The summed E-state index contributed by atoms with van der Waals surface area (Å²) in [4.78, 5) is 0. The first-order valence-corrected chi connectivity index (χ1v) is 5.95. The van der Waals surface area contributed by atoms with Crippen molar-refractivity contribution < 1.29 is 13.5 Å². The highest BCUT2D eigenvalue weighted by Crippen LogP contribution is 2.22. The van der Waals surface area contributed by atoms with Crippen molar-refractivity contribution >= 4 is 11.6 Å². The van der Waals surface area contributed by atoms with E-state index in [1.54, 1.807) is 12.1 Å². The summed E-state index contributed by atoms with van der Waals surface area (Å²) >= 11 is 5.76. The number of hydrogen-bond acceptors (Lipinski definition) is 1. The molecule has 0 heterocycles. The Hall–Kier alpha value is -1.61. The van der Waals surface area contributed by atoms with Crippen LogP contribution in [0.15, 0.2) is 42.5 Å². The lowest BCUT2D eigenvalue weighted by Crippen LogP contribution is -2.01. The van der Waals surface area contributed by atoms with Gasteiger partial charge in [-0.1, -0.05) is 30.3 Å². The van der Waals surface area contributed by atoms with Gasteiger partial charge in [0.25, 0.3) is 0 Å². The maximum Gasteiger partial charge on any atom is 0.165 e. The van der Waals surface area contributed by atoms with Crippen LogP contribution < -0.4 is 4.74 Å². The quantitative estimate of drug-likeness (QED) is 0.752. The Balaban J connectivity index is 2.14. The number of halogens is 3. The summed E-state index contributed by atoms with van der Waals surface area (Å²) in [5.41, 5.74) is 0.996. The molecule has 0 aliphatic heterocycles. The molecule has 0 atom stereocenters. The summed E-state index contributed by atoms with van der Waals surface area (Å²) in [6.07, 6.45) is 0. The van der Waals surface area contributed by atoms with Crippen molar-refractivity contribution in [3.8, 4) is 5.75 Å². The summed E-state index contributed by atoms with van der Waals surface area (Å²) in [6, 6.07) is 11.2. The van der Waals surface area contributed by atoms with Crippen LogP contribution in [-0.4, -0.2) is 0 Å². The lowest BCUT2D eigenvalue weighted by atomic mass is 10.2. The Bertz CT molecular complexity index is 543. The van der Waals surface area contributed by atoms with Crippen molar-refractivity contribution in [3.63, 3.8) is 0 Å². The molecule has 0 aliphatic carbocycles. The van der Waals surface area contributed by atoms with Gasteiger partial charge in [0.05, 0.1) is 5.88 Å². The lowest BCUT2D eigenvalue weighted by Gasteiger charge is -2.10. The molecule has 18 heavy (non-hydrogen) atoms. The van der Waals surface area contributed by atoms with Crippen molar-refractivity contribution in [2.75, 3.05) is 0 Å². The van der Waals surface area contributed by atoms with Gasteiger partial charge in [0.15, 0.2) is 11.6 Å². The maximum atomic E-state index is 13.4. The van der Waals surface area contributed by atoms with E-state index in [9.17, 15) is 8.78 Å². The number of benzene rings is 2. The SMILES string of the molecule is Fc1cccc(COc2ccccc2CCl)c1F. The van der Waals surface area contributed by atoms with Crippen LogP contribution in [0.25, 0.3) is 0 Å². The van der Waals surface area contributed by atoms with E-state index in [4.69, 9.17) is 16.3 Å². The zero-order valence-corrected chi connectivity index (χ0v) is 10.3. The minimum absolute atomic E-state index is 0.0303. The summed E-state index contributed by atoms with van der Waals surface area (Å²) in [5, 5.41) is 0. The zero-order valence-electron chi connectivity index (χ0n) is 9.50. The molecule has 0 aliphatic rings. The van der Waals surface area contributed by atoms with Gasteiger partial charge in [-0.05, 0) is 12.1 Å². The Morgan fingerprint density at radius 3 is 2.44 bits per heavy atom. The molecule has 2 aromatic carbocycles. The molecular weight excluding hydrogens is 258 g/mol. The molecule has 0 amide bonds. The molecule has 2 rings (SSSR count).